The van der Waals surface area contributed by atoms with Gasteiger partial charge in [0.25, 0.3) is 0 Å². The summed E-state index contributed by atoms with van der Waals surface area (Å²) < 4.78 is 51.0. The van der Waals surface area contributed by atoms with Crippen molar-refractivity contribution >= 4 is 21.7 Å². The molecule has 2 aromatic carbocycles. The van der Waals surface area contributed by atoms with E-state index >= 15 is 0 Å². The fourth-order valence-electron chi connectivity index (χ4n) is 4.32. The third kappa shape index (κ3) is 12.5. The molecule has 0 heterocycles. The van der Waals surface area contributed by atoms with Gasteiger partial charge in [0, 0.05) is 32.0 Å². The van der Waals surface area contributed by atoms with Gasteiger partial charge in [-0.3, -0.25) is 9.59 Å². The molecule has 0 saturated carbocycles. The van der Waals surface area contributed by atoms with Gasteiger partial charge in [0.15, 0.2) is 9.84 Å². The highest BCUT2D eigenvalue weighted by Crippen LogP contribution is 2.13. The molecule has 0 unspecified atom stereocenters. The quantitative estimate of drug-likeness (QED) is 0.248. The lowest BCUT2D eigenvalue weighted by Crippen LogP contribution is -2.52. The molecule has 40 heavy (non-hydrogen) atoms. The van der Waals surface area contributed by atoms with Crippen LogP contribution in [0.2, 0.25) is 0 Å². The van der Waals surface area contributed by atoms with Gasteiger partial charge in [0.1, 0.15) is 17.4 Å². The first-order valence-electron chi connectivity index (χ1n) is 13.6. The van der Waals surface area contributed by atoms with E-state index < -0.39 is 57.7 Å². The van der Waals surface area contributed by atoms with Crippen molar-refractivity contribution in [2.75, 3.05) is 31.6 Å². The number of benzene rings is 2. The van der Waals surface area contributed by atoms with Crippen LogP contribution in [0.15, 0.2) is 42.5 Å². The standard InChI is InChI=1S/C29H41F2N3O5S/c1-4-6-7-11-34(29(37)20-40(3,38)39)19-28(36)33-26(15-23-13-24(30)16-25(31)14-23)27(35)18-32-17-22-10-8-9-21(5-2)12-22/h8-10,12-14,16,26-27,32,35H,4-7,11,15,17-20H2,1-3H3,(H,33,36)/t26-,27+/m0/s1. The number of carbonyl (C=O) groups is 2. The van der Waals surface area contributed by atoms with E-state index in [-0.39, 0.29) is 25.1 Å². The van der Waals surface area contributed by atoms with Crippen LogP contribution in [-0.2, 0) is 38.8 Å². The van der Waals surface area contributed by atoms with Gasteiger partial charge in [-0.25, -0.2) is 17.2 Å². The molecule has 0 aliphatic carbocycles. The Balaban J connectivity index is 2.14. The Bertz CT molecular complexity index is 1210. The number of rotatable bonds is 17. The van der Waals surface area contributed by atoms with Gasteiger partial charge in [-0.2, -0.15) is 0 Å². The highest BCUT2D eigenvalue weighted by molar-refractivity contribution is 7.91. The number of nitrogens with one attached hydrogen (secondary N) is 2. The number of aliphatic hydroxyl groups is 1. The summed E-state index contributed by atoms with van der Waals surface area (Å²) in [7, 11) is -3.60. The van der Waals surface area contributed by atoms with Gasteiger partial charge in [-0.15, -0.1) is 0 Å². The molecule has 2 rings (SSSR count). The van der Waals surface area contributed by atoms with Crippen molar-refractivity contribution in [2.24, 2.45) is 0 Å². The van der Waals surface area contributed by atoms with Crippen LogP contribution < -0.4 is 10.6 Å². The number of nitrogens with zero attached hydrogens (tertiary/aromatic N) is 1. The van der Waals surface area contributed by atoms with Crippen molar-refractivity contribution in [3.8, 4) is 0 Å². The van der Waals surface area contributed by atoms with E-state index in [1.54, 1.807) is 0 Å². The Labute approximate surface area is 236 Å². The minimum absolute atomic E-state index is 0.0678. The van der Waals surface area contributed by atoms with Crippen LogP contribution in [0, 0.1) is 11.6 Å². The molecule has 2 aromatic rings. The summed E-state index contributed by atoms with van der Waals surface area (Å²) in [5, 5.41) is 16.8. The van der Waals surface area contributed by atoms with Crippen molar-refractivity contribution < 1.29 is 31.9 Å². The number of halogens is 2. The molecule has 0 spiro atoms. The summed E-state index contributed by atoms with van der Waals surface area (Å²) in [6.07, 6.45) is 2.89. The average Bonchev–Trinajstić information content (AvgIpc) is 2.86. The lowest BCUT2D eigenvalue weighted by Gasteiger charge is -2.27. The van der Waals surface area contributed by atoms with Gasteiger partial charge in [0.2, 0.25) is 11.8 Å². The van der Waals surface area contributed by atoms with Crippen molar-refractivity contribution in [1.82, 2.24) is 15.5 Å². The normalized spacial score (nSPS) is 13.1. The second-order valence-corrected chi connectivity index (χ2v) is 12.3. The van der Waals surface area contributed by atoms with Gasteiger partial charge in [-0.1, -0.05) is 51.0 Å². The number of carbonyl (C=O) groups excluding carboxylic acids is 2. The molecular weight excluding hydrogens is 540 g/mol. The first-order chi connectivity index (χ1) is 18.9. The largest absolute Gasteiger partial charge is 0.390 e. The van der Waals surface area contributed by atoms with Crippen LogP contribution in [0.5, 0.6) is 0 Å². The van der Waals surface area contributed by atoms with E-state index in [0.717, 1.165) is 49.3 Å². The predicted molar refractivity (Wildman–Crippen MR) is 151 cm³/mol. The van der Waals surface area contributed by atoms with Crippen LogP contribution in [0.25, 0.3) is 0 Å². The molecule has 8 nitrogen and oxygen atoms in total. The second-order valence-electron chi connectivity index (χ2n) is 10.1. The highest BCUT2D eigenvalue weighted by Gasteiger charge is 2.25. The van der Waals surface area contributed by atoms with Crippen LogP contribution in [0.3, 0.4) is 0 Å². The topological polar surface area (TPSA) is 116 Å². The first kappa shape index (κ1) is 33.3. The zero-order valence-electron chi connectivity index (χ0n) is 23.5. The number of hydrogen-bond donors (Lipinski definition) is 3. The fourth-order valence-corrected chi connectivity index (χ4v) is 4.95. The summed E-state index contributed by atoms with van der Waals surface area (Å²) in [6.45, 7) is 4.37. The molecule has 0 aromatic heterocycles. The van der Waals surface area contributed by atoms with E-state index in [1.807, 2.05) is 25.1 Å². The molecule has 3 N–H and O–H groups in total. The molecule has 2 atom stereocenters. The van der Waals surface area contributed by atoms with Gasteiger partial charge in [-0.05, 0) is 48.1 Å². The maximum Gasteiger partial charge on any atom is 0.239 e. The summed E-state index contributed by atoms with van der Waals surface area (Å²) in [6, 6.07) is 10.0. The zero-order chi connectivity index (χ0) is 29.7. The summed E-state index contributed by atoms with van der Waals surface area (Å²) in [5.41, 5.74) is 2.43. The van der Waals surface area contributed by atoms with Crippen LogP contribution in [-0.4, -0.2) is 74.0 Å². The van der Waals surface area contributed by atoms with E-state index in [1.165, 1.54) is 10.5 Å². The van der Waals surface area contributed by atoms with E-state index in [2.05, 4.69) is 23.6 Å². The van der Waals surface area contributed by atoms with Crippen LogP contribution >= 0.6 is 0 Å². The SMILES string of the molecule is CCCCCN(CC(=O)N[C@@H](Cc1cc(F)cc(F)c1)[C@H](O)CNCc1cccc(CC)c1)C(=O)CS(C)(=O)=O. The molecule has 222 valence electrons. The van der Waals surface area contributed by atoms with Crippen molar-refractivity contribution in [2.45, 2.75) is 64.6 Å². The Morgan fingerprint density at radius 3 is 2.30 bits per heavy atom. The molecule has 0 aliphatic heterocycles. The Kier molecular flexibility index (Phi) is 13.7. The Morgan fingerprint density at radius 2 is 1.68 bits per heavy atom. The Morgan fingerprint density at radius 1 is 1.00 bits per heavy atom. The minimum atomic E-state index is -3.60. The second kappa shape index (κ2) is 16.4. The smallest absolute Gasteiger partial charge is 0.239 e. The maximum atomic E-state index is 13.8. The third-order valence-electron chi connectivity index (χ3n) is 6.38. The van der Waals surface area contributed by atoms with E-state index in [4.69, 9.17) is 0 Å². The number of unbranched alkanes of at least 4 members (excludes halogenated alkanes) is 2. The fraction of sp³-hybridized carbons (Fsp3) is 0.517. The first-order valence-corrected chi connectivity index (χ1v) is 15.6. The molecule has 0 radical (unpaired) electrons. The van der Waals surface area contributed by atoms with Crippen LogP contribution in [0.1, 0.15) is 49.8 Å². The minimum Gasteiger partial charge on any atom is -0.390 e. The molecule has 11 heteroatoms. The maximum absolute atomic E-state index is 13.8. The number of aryl methyl sites for hydroxylation is 1. The number of hydrogen-bond acceptors (Lipinski definition) is 6. The molecule has 0 bridgehead atoms. The van der Waals surface area contributed by atoms with Crippen LogP contribution in [0.4, 0.5) is 8.78 Å². The number of sulfone groups is 1. The van der Waals surface area contributed by atoms with Gasteiger partial charge < -0.3 is 20.6 Å². The predicted octanol–water partition coefficient (Wildman–Crippen LogP) is 2.77. The van der Waals surface area contributed by atoms with Crippen molar-refractivity contribution in [1.29, 1.82) is 0 Å². The molecule has 2 amide bonds. The van der Waals surface area contributed by atoms with Gasteiger partial charge in [0.05, 0.1) is 18.7 Å². The Hall–Kier alpha value is -2.89. The number of amides is 2. The molecule has 0 saturated heterocycles. The highest BCUT2D eigenvalue weighted by atomic mass is 32.2. The van der Waals surface area contributed by atoms with E-state index in [0.29, 0.717) is 13.0 Å². The molecule has 0 aliphatic rings. The van der Waals surface area contributed by atoms with Gasteiger partial charge >= 0.3 is 0 Å². The lowest BCUT2D eigenvalue weighted by atomic mass is 10.0. The average molecular weight is 582 g/mol. The van der Waals surface area contributed by atoms with Crippen molar-refractivity contribution in [3.05, 3.63) is 70.8 Å². The monoisotopic (exact) mass is 581 g/mol. The summed E-state index contributed by atoms with van der Waals surface area (Å²) in [4.78, 5) is 26.8. The lowest BCUT2D eigenvalue weighted by molar-refractivity contribution is -0.134. The summed E-state index contributed by atoms with van der Waals surface area (Å²) >= 11 is 0. The van der Waals surface area contributed by atoms with E-state index in [9.17, 15) is 31.9 Å². The molecule has 0 fully saturated rings. The summed E-state index contributed by atoms with van der Waals surface area (Å²) in [5.74, 6) is -3.58. The number of aliphatic hydroxyl groups excluding tert-OH is 1. The molecular formula is C29H41F2N3O5S. The zero-order valence-corrected chi connectivity index (χ0v) is 24.3. The third-order valence-corrected chi connectivity index (χ3v) is 7.15. The van der Waals surface area contributed by atoms with Crippen molar-refractivity contribution in [3.63, 3.8) is 0 Å².